The molecule has 0 spiro atoms. The minimum atomic E-state index is -3.50. The Balaban J connectivity index is 2.56. The van der Waals surface area contributed by atoms with E-state index in [1.165, 1.54) is 0 Å². The molecule has 6 nitrogen and oxygen atoms in total. The van der Waals surface area contributed by atoms with E-state index in [0.717, 1.165) is 19.1 Å². The number of rotatable bonds is 5. The van der Waals surface area contributed by atoms with Gasteiger partial charge in [0.05, 0.1) is 18.9 Å². The number of hydrogen-bond acceptors (Lipinski definition) is 6. The van der Waals surface area contributed by atoms with Gasteiger partial charge >= 0.3 is 5.97 Å². The predicted molar refractivity (Wildman–Crippen MR) is 80.4 cm³/mol. The first-order chi connectivity index (χ1) is 9.46. The molecule has 0 radical (unpaired) electrons. The minimum Gasteiger partial charge on any atom is -0.459 e. The summed E-state index contributed by atoms with van der Waals surface area (Å²) in [4.78, 5) is 11.7. The summed E-state index contributed by atoms with van der Waals surface area (Å²) in [7, 11) is -3.50. The summed E-state index contributed by atoms with van der Waals surface area (Å²) in [6.07, 6.45) is 3.06. The zero-order chi connectivity index (χ0) is 16.3. The molecule has 7 heteroatoms. The molecule has 0 amide bonds. The molecule has 21 heavy (non-hydrogen) atoms. The van der Waals surface area contributed by atoms with Gasteiger partial charge < -0.3 is 10.1 Å². The molecule has 1 fully saturated rings. The number of ether oxygens (including phenoxy) is 1. The number of nitrogens with one attached hydrogen (secondary N) is 1. The molecule has 1 aliphatic carbocycles. The lowest BCUT2D eigenvalue weighted by Gasteiger charge is -2.34. The highest BCUT2D eigenvalue weighted by atomic mass is 32.2. The number of hydrogen-bond donors (Lipinski definition) is 1. The zero-order valence-electron chi connectivity index (χ0n) is 13.5. The van der Waals surface area contributed by atoms with Crippen molar-refractivity contribution in [3.8, 4) is 0 Å². The number of carbonyl (C=O) groups excluding carboxylic acids is 1. The van der Waals surface area contributed by atoms with Crippen molar-refractivity contribution < 1.29 is 22.1 Å². The Kier molecular flexibility index (Phi) is 6.19. The van der Waals surface area contributed by atoms with Crippen LogP contribution in [0.3, 0.4) is 0 Å². The van der Waals surface area contributed by atoms with Crippen molar-refractivity contribution in [3.63, 3.8) is 0 Å². The highest BCUT2D eigenvalue weighted by Crippen LogP contribution is 2.27. The molecule has 124 valence electrons. The Morgan fingerprint density at radius 3 is 2.43 bits per heavy atom. The highest BCUT2D eigenvalue weighted by Gasteiger charge is 2.32. The lowest BCUT2D eigenvalue weighted by molar-refractivity contribution is -0.153. The van der Waals surface area contributed by atoms with Gasteiger partial charge in [-0.1, -0.05) is 6.92 Å². The summed E-state index contributed by atoms with van der Waals surface area (Å²) in [5, 5.41) is 3.07. The molecule has 0 aromatic rings. The van der Waals surface area contributed by atoms with Crippen LogP contribution in [-0.4, -0.2) is 44.9 Å². The monoisotopic (exact) mass is 321 g/mol. The quantitative estimate of drug-likeness (QED) is 0.610. The summed E-state index contributed by atoms with van der Waals surface area (Å²) >= 11 is 0. The van der Waals surface area contributed by atoms with Crippen LogP contribution in [0, 0.1) is 5.92 Å². The standard InChI is InChI=1S/C14H27NO5S/c1-10-6-7-11(12(8-10)20-21(5,17)18)15-9-13(16)19-14(2,3)4/h10-12,15H,6-9H2,1-5H3/t10-,11-,12-/m0/s1. The van der Waals surface area contributed by atoms with Crippen molar-refractivity contribution in [2.24, 2.45) is 5.92 Å². The van der Waals surface area contributed by atoms with Crippen LogP contribution >= 0.6 is 0 Å². The highest BCUT2D eigenvalue weighted by molar-refractivity contribution is 7.86. The van der Waals surface area contributed by atoms with Crippen LogP contribution < -0.4 is 5.32 Å². The van der Waals surface area contributed by atoms with E-state index < -0.39 is 21.8 Å². The van der Waals surface area contributed by atoms with E-state index in [0.29, 0.717) is 12.3 Å². The lowest BCUT2D eigenvalue weighted by Crippen LogP contribution is -2.48. The molecular formula is C14H27NO5S. The van der Waals surface area contributed by atoms with Crippen molar-refractivity contribution in [1.29, 1.82) is 0 Å². The van der Waals surface area contributed by atoms with Crippen LogP contribution in [0.4, 0.5) is 0 Å². The molecule has 0 aromatic heterocycles. The van der Waals surface area contributed by atoms with Crippen LogP contribution in [0.1, 0.15) is 47.0 Å². The first kappa shape index (κ1) is 18.4. The molecule has 0 unspecified atom stereocenters. The van der Waals surface area contributed by atoms with Crippen LogP contribution in [0.25, 0.3) is 0 Å². The summed E-state index contributed by atoms with van der Waals surface area (Å²) < 4.78 is 33.0. The van der Waals surface area contributed by atoms with Crippen molar-refractivity contribution in [2.45, 2.75) is 64.7 Å². The molecule has 0 aliphatic heterocycles. The van der Waals surface area contributed by atoms with Crippen LogP contribution in [0.2, 0.25) is 0 Å². The summed E-state index contributed by atoms with van der Waals surface area (Å²) in [5.41, 5.74) is -0.525. The molecule has 1 N–H and O–H groups in total. The third-order valence-electron chi connectivity index (χ3n) is 3.28. The maximum Gasteiger partial charge on any atom is 0.320 e. The largest absolute Gasteiger partial charge is 0.459 e. The Labute approximate surface area is 127 Å². The van der Waals surface area contributed by atoms with Gasteiger partial charge in [-0.25, -0.2) is 0 Å². The van der Waals surface area contributed by atoms with E-state index in [1.54, 1.807) is 0 Å². The second-order valence-electron chi connectivity index (χ2n) is 6.83. The fourth-order valence-electron chi connectivity index (χ4n) is 2.49. The van der Waals surface area contributed by atoms with E-state index in [9.17, 15) is 13.2 Å². The Morgan fingerprint density at radius 1 is 1.29 bits per heavy atom. The van der Waals surface area contributed by atoms with Crippen LogP contribution in [-0.2, 0) is 23.8 Å². The fraction of sp³-hybridized carbons (Fsp3) is 0.929. The Bertz CT molecular complexity index is 454. The predicted octanol–water partition coefficient (Wildman–Crippen LogP) is 1.45. The van der Waals surface area contributed by atoms with E-state index in [2.05, 4.69) is 12.2 Å². The number of esters is 1. The topological polar surface area (TPSA) is 81.7 Å². The molecule has 0 heterocycles. The summed E-state index contributed by atoms with van der Waals surface area (Å²) in [6.45, 7) is 7.55. The van der Waals surface area contributed by atoms with Crippen molar-refractivity contribution in [1.82, 2.24) is 5.32 Å². The second kappa shape index (κ2) is 7.07. The summed E-state index contributed by atoms with van der Waals surface area (Å²) in [6, 6.07) is -0.150. The Hall–Kier alpha value is -0.660. The van der Waals surface area contributed by atoms with Gasteiger partial charge in [-0.15, -0.1) is 0 Å². The molecule has 1 aliphatic rings. The smallest absolute Gasteiger partial charge is 0.320 e. The molecule has 3 atom stereocenters. The van der Waals surface area contributed by atoms with Gasteiger partial charge in [0, 0.05) is 6.04 Å². The van der Waals surface area contributed by atoms with E-state index in [4.69, 9.17) is 8.92 Å². The third kappa shape index (κ3) is 7.78. The minimum absolute atomic E-state index is 0.0555. The second-order valence-corrected chi connectivity index (χ2v) is 8.43. The maximum absolute atomic E-state index is 11.7. The molecule has 0 bridgehead atoms. The molecule has 0 saturated heterocycles. The molecule has 0 aromatic carbocycles. The van der Waals surface area contributed by atoms with Gasteiger partial charge in [-0.05, 0) is 46.0 Å². The van der Waals surface area contributed by atoms with E-state index in [-0.39, 0.29) is 18.6 Å². The first-order valence-corrected chi connectivity index (χ1v) is 9.11. The average Bonchev–Trinajstić information content (AvgIpc) is 2.23. The zero-order valence-corrected chi connectivity index (χ0v) is 14.3. The normalized spacial score (nSPS) is 27.4. The Morgan fingerprint density at radius 2 is 1.90 bits per heavy atom. The number of carbonyl (C=O) groups is 1. The fourth-order valence-corrected chi connectivity index (χ4v) is 3.15. The van der Waals surface area contributed by atoms with Gasteiger partial charge in [-0.3, -0.25) is 8.98 Å². The van der Waals surface area contributed by atoms with Crippen molar-refractivity contribution in [2.75, 3.05) is 12.8 Å². The molecule has 1 saturated carbocycles. The maximum atomic E-state index is 11.7. The van der Waals surface area contributed by atoms with Crippen molar-refractivity contribution in [3.05, 3.63) is 0 Å². The van der Waals surface area contributed by atoms with E-state index >= 15 is 0 Å². The van der Waals surface area contributed by atoms with Gasteiger partial charge in [-0.2, -0.15) is 8.42 Å². The van der Waals surface area contributed by atoms with Crippen LogP contribution in [0.5, 0.6) is 0 Å². The van der Waals surface area contributed by atoms with Gasteiger partial charge in [0.1, 0.15) is 5.60 Å². The van der Waals surface area contributed by atoms with Crippen molar-refractivity contribution >= 4 is 16.1 Å². The average molecular weight is 321 g/mol. The van der Waals surface area contributed by atoms with Gasteiger partial charge in [0.15, 0.2) is 0 Å². The van der Waals surface area contributed by atoms with Crippen LogP contribution in [0.15, 0.2) is 0 Å². The summed E-state index contributed by atoms with van der Waals surface area (Å²) in [5.74, 6) is 0.0653. The molecule has 1 rings (SSSR count). The van der Waals surface area contributed by atoms with Gasteiger partial charge in [0.25, 0.3) is 10.1 Å². The molecular weight excluding hydrogens is 294 g/mol. The first-order valence-electron chi connectivity index (χ1n) is 7.30. The lowest BCUT2D eigenvalue weighted by atomic mass is 9.85. The van der Waals surface area contributed by atoms with Gasteiger partial charge in [0.2, 0.25) is 0 Å². The third-order valence-corrected chi connectivity index (χ3v) is 3.88. The SMILES string of the molecule is C[C@H]1CC[C@H](NCC(=O)OC(C)(C)C)[C@@H](OS(C)(=O)=O)C1. The van der Waals surface area contributed by atoms with E-state index in [1.807, 2.05) is 20.8 Å².